The molecule has 0 amide bonds. The SMILES string of the molecule is CCc1ccc(=O)[nH]c1S. The maximum Gasteiger partial charge on any atom is 0.248 e. The number of H-pyrrole nitrogens is 1. The highest BCUT2D eigenvalue weighted by Gasteiger charge is 1.94. The van der Waals surface area contributed by atoms with Crippen molar-refractivity contribution in [1.29, 1.82) is 0 Å². The Bertz CT molecular complexity index is 279. The van der Waals surface area contributed by atoms with Crippen LogP contribution in [-0.4, -0.2) is 4.98 Å². The van der Waals surface area contributed by atoms with Gasteiger partial charge in [0.25, 0.3) is 0 Å². The Labute approximate surface area is 64.7 Å². The molecule has 0 radical (unpaired) electrons. The Morgan fingerprint density at radius 2 is 2.30 bits per heavy atom. The smallest absolute Gasteiger partial charge is 0.248 e. The molecule has 0 saturated carbocycles. The summed E-state index contributed by atoms with van der Waals surface area (Å²) in [5.41, 5.74) is 0.977. The molecule has 1 heterocycles. The number of hydrogen-bond donors (Lipinski definition) is 2. The summed E-state index contributed by atoms with van der Waals surface area (Å²) >= 11 is 4.09. The molecule has 0 aliphatic carbocycles. The molecule has 1 rings (SSSR count). The van der Waals surface area contributed by atoms with Gasteiger partial charge in [-0.15, -0.1) is 12.6 Å². The topological polar surface area (TPSA) is 32.9 Å². The lowest BCUT2D eigenvalue weighted by Gasteiger charge is -1.97. The van der Waals surface area contributed by atoms with Crippen molar-refractivity contribution in [3.63, 3.8) is 0 Å². The number of hydrogen-bond acceptors (Lipinski definition) is 2. The Morgan fingerprint density at radius 3 is 2.80 bits per heavy atom. The van der Waals surface area contributed by atoms with E-state index in [1.54, 1.807) is 6.07 Å². The molecular formula is C7H9NOS. The van der Waals surface area contributed by atoms with Crippen LogP contribution in [0.2, 0.25) is 0 Å². The van der Waals surface area contributed by atoms with Crippen LogP contribution >= 0.6 is 12.6 Å². The number of rotatable bonds is 1. The van der Waals surface area contributed by atoms with E-state index in [1.165, 1.54) is 6.07 Å². The Hall–Kier alpha value is -0.700. The molecule has 0 atom stereocenters. The van der Waals surface area contributed by atoms with Gasteiger partial charge in [0, 0.05) is 6.07 Å². The minimum atomic E-state index is -0.0952. The van der Waals surface area contributed by atoms with Gasteiger partial charge in [0.1, 0.15) is 0 Å². The number of thiol groups is 1. The van der Waals surface area contributed by atoms with Crippen LogP contribution in [0.15, 0.2) is 22.0 Å². The Morgan fingerprint density at radius 1 is 1.60 bits per heavy atom. The van der Waals surface area contributed by atoms with Gasteiger partial charge in [0.05, 0.1) is 5.03 Å². The molecule has 0 spiro atoms. The molecule has 0 unspecified atom stereocenters. The molecule has 0 aromatic carbocycles. The quantitative estimate of drug-likeness (QED) is 0.587. The van der Waals surface area contributed by atoms with Crippen LogP contribution in [0.25, 0.3) is 0 Å². The molecule has 0 bridgehead atoms. The zero-order chi connectivity index (χ0) is 7.56. The summed E-state index contributed by atoms with van der Waals surface area (Å²) in [7, 11) is 0. The van der Waals surface area contributed by atoms with Crippen molar-refractivity contribution >= 4 is 12.6 Å². The fourth-order valence-corrected chi connectivity index (χ4v) is 1.12. The summed E-state index contributed by atoms with van der Waals surface area (Å²) in [4.78, 5) is 13.3. The van der Waals surface area contributed by atoms with Crippen LogP contribution in [0.1, 0.15) is 12.5 Å². The third-order valence-corrected chi connectivity index (χ3v) is 1.76. The zero-order valence-electron chi connectivity index (χ0n) is 5.72. The van der Waals surface area contributed by atoms with Gasteiger partial charge < -0.3 is 4.98 Å². The molecule has 0 fully saturated rings. The maximum atomic E-state index is 10.7. The average molecular weight is 155 g/mol. The van der Waals surface area contributed by atoms with E-state index in [-0.39, 0.29) is 5.56 Å². The van der Waals surface area contributed by atoms with Gasteiger partial charge in [0.15, 0.2) is 0 Å². The van der Waals surface area contributed by atoms with Gasteiger partial charge in [0.2, 0.25) is 5.56 Å². The van der Waals surface area contributed by atoms with Gasteiger partial charge >= 0.3 is 0 Å². The van der Waals surface area contributed by atoms with Gasteiger partial charge in [-0.3, -0.25) is 4.79 Å². The van der Waals surface area contributed by atoms with E-state index in [1.807, 2.05) is 6.92 Å². The van der Waals surface area contributed by atoms with Crippen LogP contribution in [0.4, 0.5) is 0 Å². The first-order chi connectivity index (χ1) is 4.74. The predicted molar refractivity (Wildman–Crippen MR) is 43.7 cm³/mol. The first kappa shape index (κ1) is 7.41. The molecule has 1 aromatic rings. The molecule has 0 aliphatic rings. The Balaban J connectivity index is 3.19. The second-order valence-electron chi connectivity index (χ2n) is 2.05. The molecule has 2 nitrogen and oxygen atoms in total. The highest BCUT2D eigenvalue weighted by molar-refractivity contribution is 7.80. The van der Waals surface area contributed by atoms with Gasteiger partial charge in [-0.1, -0.05) is 13.0 Å². The van der Waals surface area contributed by atoms with E-state index in [2.05, 4.69) is 17.6 Å². The number of aryl methyl sites for hydroxylation is 1. The fourth-order valence-electron chi connectivity index (χ4n) is 0.779. The van der Waals surface area contributed by atoms with Gasteiger partial charge in [-0.05, 0) is 12.0 Å². The number of aromatic amines is 1. The van der Waals surface area contributed by atoms with Crippen molar-refractivity contribution in [3.8, 4) is 0 Å². The van der Waals surface area contributed by atoms with Gasteiger partial charge in [-0.25, -0.2) is 0 Å². The van der Waals surface area contributed by atoms with E-state index in [4.69, 9.17) is 0 Å². The lowest BCUT2D eigenvalue weighted by atomic mass is 10.2. The zero-order valence-corrected chi connectivity index (χ0v) is 6.61. The molecule has 1 aromatic heterocycles. The van der Waals surface area contributed by atoms with E-state index in [0.717, 1.165) is 12.0 Å². The third kappa shape index (κ3) is 1.42. The summed E-state index contributed by atoms with van der Waals surface area (Å²) < 4.78 is 0. The largest absolute Gasteiger partial charge is 0.317 e. The van der Waals surface area contributed by atoms with Crippen LogP contribution in [0.3, 0.4) is 0 Å². The van der Waals surface area contributed by atoms with Crippen molar-refractivity contribution in [1.82, 2.24) is 4.98 Å². The predicted octanol–water partition coefficient (Wildman–Crippen LogP) is 1.23. The lowest BCUT2D eigenvalue weighted by Crippen LogP contribution is -2.04. The number of aromatic nitrogens is 1. The van der Waals surface area contributed by atoms with Crippen molar-refractivity contribution in [2.45, 2.75) is 18.4 Å². The molecule has 0 saturated heterocycles. The highest BCUT2D eigenvalue weighted by atomic mass is 32.1. The second-order valence-corrected chi connectivity index (χ2v) is 2.50. The first-order valence-electron chi connectivity index (χ1n) is 3.15. The summed E-state index contributed by atoms with van der Waals surface area (Å²) in [5.74, 6) is 0. The minimum Gasteiger partial charge on any atom is -0.317 e. The molecule has 54 valence electrons. The van der Waals surface area contributed by atoms with E-state index in [9.17, 15) is 4.79 Å². The monoisotopic (exact) mass is 155 g/mol. The van der Waals surface area contributed by atoms with Gasteiger partial charge in [-0.2, -0.15) is 0 Å². The number of pyridine rings is 1. The van der Waals surface area contributed by atoms with Crippen LogP contribution in [0.5, 0.6) is 0 Å². The summed E-state index contributed by atoms with van der Waals surface area (Å²) in [6, 6.07) is 3.31. The average Bonchev–Trinajstić information content (AvgIpc) is 1.88. The second kappa shape index (κ2) is 2.92. The third-order valence-electron chi connectivity index (χ3n) is 1.36. The van der Waals surface area contributed by atoms with Crippen molar-refractivity contribution in [2.75, 3.05) is 0 Å². The van der Waals surface area contributed by atoms with Crippen molar-refractivity contribution in [2.24, 2.45) is 0 Å². The van der Waals surface area contributed by atoms with Crippen LogP contribution in [-0.2, 0) is 6.42 Å². The summed E-state index contributed by atoms with van der Waals surface area (Å²) in [6.45, 7) is 2.02. The first-order valence-corrected chi connectivity index (χ1v) is 3.60. The summed E-state index contributed by atoms with van der Waals surface area (Å²) in [5, 5.41) is 0.676. The fraction of sp³-hybridized carbons (Fsp3) is 0.286. The summed E-state index contributed by atoms with van der Waals surface area (Å²) in [6.07, 6.45) is 0.898. The van der Waals surface area contributed by atoms with Crippen LogP contribution < -0.4 is 5.56 Å². The maximum absolute atomic E-state index is 10.7. The normalized spacial score (nSPS) is 9.80. The lowest BCUT2D eigenvalue weighted by molar-refractivity contribution is 0.975. The van der Waals surface area contributed by atoms with Crippen molar-refractivity contribution in [3.05, 3.63) is 28.0 Å². The molecule has 1 N–H and O–H groups in total. The standard InChI is InChI=1S/C7H9NOS/c1-2-5-3-4-6(9)8-7(5)10/h3-4H,2H2,1H3,(H2,8,9,10). The molecule has 10 heavy (non-hydrogen) atoms. The van der Waals surface area contributed by atoms with Crippen LogP contribution in [0, 0.1) is 0 Å². The Kier molecular flexibility index (Phi) is 2.17. The van der Waals surface area contributed by atoms with Crippen molar-refractivity contribution < 1.29 is 0 Å². The van der Waals surface area contributed by atoms with E-state index < -0.39 is 0 Å². The minimum absolute atomic E-state index is 0.0952. The van der Waals surface area contributed by atoms with E-state index in [0.29, 0.717) is 5.03 Å². The number of nitrogens with one attached hydrogen (secondary N) is 1. The molecule has 0 aliphatic heterocycles. The molecular weight excluding hydrogens is 146 g/mol. The molecule has 3 heteroatoms. The highest BCUT2D eigenvalue weighted by Crippen LogP contribution is 2.06. The van der Waals surface area contributed by atoms with E-state index >= 15 is 0 Å².